The Balaban J connectivity index is 1.89. The van der Waals surface area contributed by atoms with Gasteiger partial charge >= 0.3 is 5.92 Å². The van der Waals surface area contributed by atoms with E-state index in [0.29, 0.717) is 0 Å². The first kappa shape index (κ1) is 14.2. The summed E-state index contributed by atoms with van der Waals surface area (Å²) in [5.41, 5.74) is 2.16. The quantitative estimate of drug-likeness (QED) is 0.637. The molecule has 0 aliphatic carbocycles. The van der Waals surface area contributed by atoms with Crippen LogP contribution in [0.5, 0.6) is 0 Å². The molecule has 1 aliphatic heterocycles. The van der Waals surface area contributed by atoms with Gasteiger partial charge in [0.15, 0.2) is 0 Å². The largest absolute Gasteiger partial charge is 0.347 e. The van der Waals surface area contributed by atoms with Crippen molar-refractivity contribution in [3.05, 3.63) is 71.8 Å². The van der Waals surface area contributed by atoms with E-state index >= 15 is 0 Å². The van der Waals surface area contributed by atoms with E-state index in [1.807, 2.05) is 60.7 Å². The van der Waals surface area contributed by atoms with Crippen LogP contribution in [0.15, 0.2) is 60.7 Å². The fraction of sp³-hybridized carbons (Fsp3) is 0.200. The second kappa shape index (κ2) is 5.95. The van der Waals surface area contributed by atoms with Crippen molar-refractivity contribution in [2.75, 3.05) is 0 Å². The number of halogens is 1. The molecule has 0 spiro atoms. The van der Waals surface area contributed by atoms with E-state index in [4.69, 9.17) is 15.8 Å². The molecule has 5 heteroatoms. The van der Waals surface area contributed by atoms with Gasteiger partial charge in [0.05, 0.1) is 6.10 Å². The Morgan fingerprint density at radius 3 is 2.15 bits per heavy atom. The van der Waals surface area contributed by atoms with Crippen molar-refractivity contribution in [1.29, 1.82) is 0 Å². The number of hydrogen-bond acceptors (Lipinski definition) is 3. The summed E-state index contributed by atoms with van der Waals surface area (Å²) in [6.45, 7) is 0. The summed E-state index contributed by atoms with van der Waals surface area (Å²) in [5.74, 6) is -3.14. The van der Waals surface area contributed by atoms with E-state index in [1.54, 1.807) is 0 Å². The van der Waals surface area contributed by atoms with E-state index in [9.17, 15) is 4.57 Å². The van der Waals surface area contributed by atoms with Crippen molar-refractivity contribution < 1.29 is 9.09 Å². The molecule has 1 saturated heterocycles. The molecular weight excluding hydrogens is 311 g/mol. The summed E-state index contributed by atoms with van der Waals surface area (Å²) in [4.78, 5) is 0. The van der Waals surface area contributed by atoms with E-state index in [0.717, 1.165) is 17.5 Å². The standard InChI is InChI=1S/C15H14ClO2PS/c16-19(17)18-14(12-7-3-1-4-8-12)11-15(20-19)13-9-5-2-6-10-13/h1-10,14-15H,11H2/t14-,15-,19-/m1/s1. The van der Waals surface area contributed by atoms with Crippen molar-refractivity contribution in [3.63, 3.8) is 0 Å². The molecule has 3 atom stereocenters. The molecule has 3 rings (SSSR count). The van der Waals surface area contributed by atoms with Crippen LogP contribution in [0.3, 0.4) is 0 Å². The Labute approximate surface area is 127 Å². The van der Waals surface area contributed by atoms with Crippen LogP contribution in [-0.2, 0) is 9.09 Å². The van der Waals surface area contributed by atoms with Gasteiger partial charge in [-0.25, -0.2) is 0 Å². The van der Waals surface area contributed by atoms with Gasteiger partial charge in [-0.3, -0.25) is 4.57 Å². The lowest BCUT2D eigenvalue weighted by Gasteiger charge is -2.32. The first-order valence-electron chi connectivity index (χ1n) is 6.40. The highest BCUT2D eigenvalue weighted by Crippen LogP contribution is 2.75. The highest BCUT2D eigenvalue weighted by molar-refractivity contribution is 8.63. The summed E-state index contributed by atoms with van der Waals surface area (Å²) in [5, 5.41) is 0.0958. The lowest BCUT2D eigenvalue weighted by molar-refractivity contribution is 0.205. The zero-order valence-corrected chi connectivity index (χ0v) is 13.2. The van der Waals surface area contributed by atoms with Gasteiger partial charge in [0.2, 0.25) is 0 Å². The van der Waals surface area contributed by atoms with Crippen LogP contribution in [-0.4, -0.2) is 0 Å². The zero-order chi connectivity index (χ0) is 14.0. The number of rotatable bonds is 2. The predicted molar refractivity (Wildman–Crippen MR) is 85.1 cm³/mol. The van der Waals surface area contributed by atoms with Gasteiger partial charge in [0.25, 0.3) is 0 Å². The lowest BCUT2D eigenvalue weighted by Crippen LogP contribution is -2.10. The molecule has 1 heterocycles. The smallest absolute Gasteiger partial charge is 0.302 e. The van der Waals surface area contributed by atoms with Crippen molar-refractivity contribution >= 4 is 28.5 Å². The lowest BCUT2D eigenvalue weighted by atomic mass is 10.0. The van der Waals surface area contributed by atoms with Crippen molar-refractivity contribution in [1.82, 2.24) is 0 Å². The molecule has 2 aromatic carbocycles. The molecule has 0 bridgehead atoms. The predicted octanol–water partition coefficient (Wildman–Crippen LogP) is 5.97. The third-order valence-corrected chi connectivity index (χ3v) is 7.49. The number of benzene rings is 2. The molecule has 1 fully saturated rings. The van der Waals surface area contributed by atoms with E-state index in [1.165, 1.54) is 11.4 Å². The van der Waals surface area contributed by atoms with Gasteiger partial charge < -0.3 is 4.52 Å². The topological polar surface area (TPSA) is 26.3 Å². The molecule has 0 unspecified atom stereocenters. The molecule has 104 valence electrons. The van der Waals surface area contributed by atoms with Gasteiger partial charge in [-0.15, -0.1) is 0 Å². The Morgan fingerprint density at radius 2 is 1.55 bits per heavy atom. The minimum atomic E-state index is -3.14. The van der Waals surface area contributed by atoms with Crippen LogP contribution in [0.1, 0.15) is 28.9 Å². The molecule has 20 heavy (non-hydrogen) atoms. The molecule has 2 aromatic rings. The van der Waals surface area contributed by atoms with Gasteiger partial charge in [-0.1, -0.05) is 60.7 Å². The van der Waals surface area contributed by atoms with Crippen LogP contribution >= 0.6 is 28.5 Å². The van der Waals surface area contributed by atoms with Crippen molar-refractivity contribution in [2.45, 2.75) is 17.8 Å². The molecule has 0 amide bonds. The van der Waals surface area contributed by atoms with E-state index < -0.39 is 5.92 Å². The maximum absolute atomic E-state index is 12.3. The minimum absolute atomic E-state index is 0.0958. The Hall–Kier alpha value is -0.730. The first-order valence-corrected chi connectivity index (χ1v) is 10.4. The van der Waals surface area contributed by atoms with E-state index in [2.05, 4.69) is 0 Å². The third-order valence-electron chi connectivity index (χ3n) is 3.28. The number of hydrogen-bond donors (Lipinski definition) is 0. The second-order valence-corrected chi connectivity index (χ2v) is 10.5. The fourth-order valence-corrected chi connectivity index (χ4v) is 6.89. The van der Waals surface area contributed by atoms with Gasteiger partial charge in [-0.2, -0.15) is 0 Å². The van der Waals surface area contributed by atoms with Crippen molar-refractivity contribution in [3.8, 4) is 0 Å². The van der Waals surface area contributed by atoms with Crippen LogP contribution in [0.4, 0.5) is 0 Å². The van der Waals surface area contributed by atoms with Crippen LogP contribution < -0.4 is 0 Å². The van der Waals surface area contributed by atoms with E-state index in [-0.39, 0.29) is 11.4 Å². The van der Waals surface area contributed by atoms with Crippen molar-refractivity contribution in [2.24, 2.45) is 0 Å². The minimum Gasteiger partial charge on any atom is -0.302 e. The summed E-state index contributed by atoms with van der Waals surface area (Å²) in [7, 11) is 0. The summed E-state index contributed by atoms with van der Waals surface area (Å²) < 4.78 is 17.9. The SMILES string of the molecule is O=[P@]1(Cl)O[C@@H](c2ccccc2)C[C@H](c2ccccc2)S1. The third kappa shape index (κ3) is 3.29. The highest BCUT2D eigenvalue weighted by Gasteiger charge is 2.38. The molecule has 0 N–H and O–H groups in total. The summed E-state index contributed by atoms with van der Waals surface area (Å²) in [6, 6.07) is 19.9. The van der Waals surface area contributed by atoms with Gasteiger partial charge in [-0.05, 0) is 40.2 Å². The molecule has 0 aromatic heterocycles. The van der Waals surface area contributed by atoms with Gasteiger partial charge in [0.1, 0.15) is 0 Å². The second-order valence-electron chi connectivity index (χ2n) is 4.68. The maximum atomic E-state index is 12.3. The van der Waals surface area contributed by atoms with Crippen LogP contribution in [0.2, 0.25) is 0 Å². The Kier molecular flexibility index (Phi) is 4.23. The molecule has 1 aliphatic rings. The van der Waals surface area contributed by atoms with Crippen LogP contribution in [0, 0.1) is 0 Å². The average molecular weight is 325 g/mol. The molecule has 0 radical (unpaired) electrons. The fourth-order valence-electron chi connectivity index (χ4n) is 2.34. The first-order chi connectivity index (χ1) is 9.64. The monoisotopic (exact) mass is 324 g/mol. The normalized spacial score (nSPS) is 30.1. The highest BCUT2D eigenvalue weighted by atomic mass is 35.7. The zero-order valence-electron chi connectivity index (χ0n) is 10.7. The summed E-state index contributed by atoms with van der Waals surface area (Å²) in [6.07, 6.45) is 0.557. The average Bonchev–Trinajstić information content (AvgIpc) is 2.47. The summed E-state index contributed by atoms with van der Waals surface area (Å²) >= 11 is 7.30. The Bertz CT molecular complexity index is 569. The Morgan fingerprint density at radius 1 is 1.00 bits per heavy atom. The molecule has 2 nitrogen and oxygen atoms in total. The maximum Gasteiger partial charge on any atom is 0.347 e. The van der Waals surface area contributed by atoms with Crippen LogP contribution in [0.25, 0.3) is 0 Å². The molecule has 0 saturated carbocycles. The van der Waals surface area contributed by atoms with Gasteiger partial charge in [0, 0.05) is 5.25 Å². The molecular formula is C15H14ClO2PS.